The minimum absolute atomic E-state index is 0.173. The van der Waals surface area contributed by atoms with Crippen molar-refractivity contribution in [2.24, 2.45) is 5.73 Å². The summed E-state index contributed by atoms with van der Waals surface area (Å²) in [5.74, 6) is -0.0555. The van der Waals surface area contributed by atoms with Crippen molar-refractivity contribution in [3.05, 3.63) is 34.6 Å². The van der Waals surface area contributed by atoms with E-state index in [-0.39, 0.29) is 11.7 Å². The summed E-state index contributed by atoms with van der Waals surface area (Å²) in [6.45, 7) is 1.23. The predicted molar refractivity (Wildman–Crippen MR) is 71.4 cm³/mol. The Bertz CT molecular complexity index is 446. The fourth-order valence-corrected chi connectivity index (χ4v) is 2.17. The monoisotopic (exact) mass is 269 g/mol. The number of nitrogens with one attached hydrogen (secondary N) is 1. The highest BCUT2D eigenvalue weighted by Gasteiger charge is 2.29. The Hall–Kier alpha value is -1.13. The van der Waals surface area contributed by atoms with E-state index in [0.717, 1.165) is 12.8 Å². The number of amidine groups is 1. The molecule has 1 saturated carbocycles. The number of nitrogens with two attached hydrogens (primary N) is 1. The van der Waals surface area contributed by atoms with Gasteiger partial charge in [-0.15, -0.1) is 0 Å². The first kappa shape index (κ1) is 13.3. The van der Waals surface area contributed by atoms with Crippen molar-refractivity contribution in [3.8, 4) is 0 Å². The molecule has 0 radical (unpaired) electrons. The van der Waals surface area contributed by atoms with Gasteiger partial charge >= 0.3 is 0 Å². The van der Waals surface area contributed by atoms with Crippen LogP contribution in [0.5, 0.6) is 0 Å². The molecule has 1 aromatic rings. The summed E-state index contributed by atoms with van der Waals surface area (Å²) in [5.41, 5.74) is 5.98. The summed E-state index contributed by atoms with van der Waals surface area (Å²) in [4.78, 5) is 2.18. The second kappa shape index (κ2) is 5.67. The Morgan fingerprint density at radius 1 is 1.50 bits per heavy atom. The fraction of sp³-hybridized carbons (Fsp3) is 0.462. The van der Waals surface area contributed by atoms with Crippen LogP contribution in [0.3, 0.4) is 0 Å². The average molecular weight is 270 g/mol. The Balaban J connectivity index is 2.03. The van der Waals surface area contributed by atoms with Crippen molar-refractivity contribution >= 4 is 17.4 Å². The van der Waals surface area contributed by atoms with Crippen LogP contribution in [0.4, 0.5) is 4.39 Å². The lowest BCUT2D eigenvalue weighted by molar-refractivity contribution is 0.258. The van der Waals surface area contributed by atoms with Crippen molar-refractivity contribution in [1.29, 1.82) is 5.41 Å². The SMILES string of the molecule is N=C(N)CCN(Cc1cc(Cl)ccc1F)C1CC1. The molecule has 0 atom stereocenters. The van der Waals surface area contributed by atoms with Gasteiger partial charge in [-0.25, -0.2) is 4.39 Å². The third-order valence-corrected chi connectivity index (χ3v) is 3.35. The number of benzene rings is 1. The minimum atomic E-state index is -0.229. The lowest BCUT2D eigenvalue weighted by atomic mass is 10.2. The van der Waals surface area contributed by atoms with E-state index in [4.69, 9.17) is 22.7 Å². The van der Waals surface area contributed by atoms with E-state index < -0.39 is 0 Å². The molecule has 2 rings (SSSR count). The molecular weight excluding hydrogens is 253 g/mol. The van der Waals surface area contributed by atoms with Crippen molar-refractivity contribution in [1.82, 2.24) is 4.90 Å². The quantitative estimate of drug-likeness (QED) is 0.616. The maximum atomic E-state index is 13.7. The molecule has 1 aliphatic rings. The maximum Gasteiger partial charge on any atom is 0.127 e. The molecule has 5 heteroatoms. The number of hydrogen-bond acceptors (Lipinski definition) is 2. The summed E-state index contributed by atoms with van der Waals surface area (Å²) >= 11 is 5.88. The third kappa shape index (κ3) is 3.68. The van der Waals surface area contributed by atoms with Gasteiger partial charge in [-0.2, -0.15) is 0 Å². The largest absolute Gasteiger partial charge is 0.388 e. The van der Waals surface area contributed by atoms with Gasteiger partial charge in [0, 0.05) is 36.1 Å². The number of hydrogen-bond donors (Lipinski definition) is 2. The Morgan fingerprint density at radius 2 is 2.22 bits per heavy atom. The van der Waals surface area contributed by atoms with E-state index in [1.807, 2.05) is 0 Å². The first-order chi connectivity index (χ1) is 8.56. The molecule has 1 fully saturated rings. The molecule has 0 aromatic heterocycles. The molecule has 0 amide bonds. The van der Waals surface area contributed by atoms with Gasteiger partial charge in [0.1, 0.15) is 5.82 Å². The first-order valence-corrected chi connectivity index (χ1v) is 6.45. The fourth-order valence-electron chi connectivity index (χ4n) is 1.98. The topological polar surface area (TPSA) is 53.1 Å². The molecule has 3 nitrogen and oxygen atoms in total. The van der Waals surface area contributed by atoms with Crippen LogP contribution in [-0.2, 0) is 6.54 Å². The van der Waals surface area contributed by atoms with E-state index in [9.17, 15) is 4.39 Å². The van der Waals surface area contributed by atoms with Crippen LogP contribution in [0.2, 0.25) is 5.02 Å². The average Bonchev–Trinajstić information content (AvgIpc) is 3.12. The molecular formula is C13H17ClFN3. The Kier molecular flexibility index (Phi) is 4.19. The highest BCUT2D eigenvalue weighted by Crippen LogP contribution is 2.29. The highest BCUT2D eigenvalue weighted by atomic mass is 35.5. The van der Waals surface area contributed by atoms with Crippen molar-refractivity contribution < 1.29 is 4.39 Å². The van der Waals surface area contributed by atoms with E-state index in [1.54, 1.807) is 12.1 Å². The molecule has 1 aliphatic carbocycles. The van der Waals surface area contributed by atoms with Crippen molar-refractivity contribution in [3.63, 3.8) is 0 Å². The normalized spacial score (nSPS) is 15.1. The number of nitrogens with zero attached hydrogens (tertiary/aromatic N) is 1. The van der Waals surface area contributed by atoms with Crippen LogP contribution in [-0.4, -0.2) is 23.3 Å². The smallest absolute Gasteiger partial charge is 0.127 e. The van der Waals surface area contributed by atoms with E-state index >= 15 is 0 Å². The molecule has 0 spiro atoms. The number of rotatable bonds is 6. The summed E-state index contributed by atoms with van der Waals surface area (Å²) in [6.07, 6.45) is 2.80. The van der Waals surface area contributed by atoms with Crippen LogP contribution < -0.4 is 5.73 Å². The summed E-state index contributed by atoms with van der Waals surface area (Å²) in [5, 5.41) is 7.81. The zero-order valence-corrected chi connectivity index (χ0v) is 10.9. The second-order valence-electron chi connectivity index (χ2n) is 4.71. The Morgan fingerprint density at radius 3 is 2.83 bits per heavy atom. The van der Waals surface area contributed by atoms with E-state index in [1.165, 1.54) is 6.07 Å². The van der Waals surface area contributed by atoms with Gasteiger partial charge in [0.15, 0.2) is 0 Å². The lowest BCUT2D eigenvalue weighted by Gasteiger charge is -2.22. The van der Waals surface area contributed by atoms with Crippen LogP contribution in [0.25, 0.3) is 0 Å². The highest BCUT2D eigenvalue weighted by molar-refractivity contribution is 6.30. The van der Waals surface area contributed by atoms with Gasteiger partial charge in [0.2, 0.25) is 0 Å². The molecule has 0 heterocycles. The van der Waals surface area contributed by atoms with Crippen LogP contribution in [0, 0.1) is 11.2 Å². The summed E-state index contributed by atoms with van der Waals surface area (Å²) < 4.78 is 13.7. The maximum absolute atomic E-state index is 13.7. The Labute approximate surface area is 111 Å². The van der Waals surface area contributed by atoms with E-state index in [2.05, 4.69) is 4.90 Å². The molecule has 3 N–H and O–H groups in total. The van der Waals surface area contributed by atoms with Crippen molar-refractivity contribution in [2.75, 3.05) is 6.54 Å². The van der Waals surface area contributed by atoms with Gasteiger partial charge in [-0.3, -0.25) is 10.3 Å². The second-order valence-corrected chi connectivity index (χ2v) is 5.15. The minimum Gasteiger partial charge on any atom is -0.388 e. The van der Waals surface area contributed by atoms with Gasteiger partial charge in [-0.05, 0) is 31.0 Å². The van der Waals surface area contributed by atoms with E-state index in [0.29, 0.717) is 36.1 Å². The molecule has 18 heavy (non-hydrogen) atoms. The molecule has 1 aromatic carbocycles. The lowest BCUT2D eigenvalue weighted by Crippen LogP contribution is -2.29. The zero-order chi connectivity index (χ0) is 13.1. The number of halogens is 2. The molecule has 0 bridgehead atoms. The van der Waals surface area contributed by atoms with Gasteiger partial charge in [-0.1, -0.05) is 11.6 Å². The van der Waals surface area contributed by atoms with Crippen LogP contribution in [0.1, 0.15) is 24.8 Å². The summed E-state index contributed by atoms with van der Waals surface area (Å²) in [7, 11) is 0. The first-order valence-electron chi connectivity index (χ1n) is 6.07. The predicted octanol–water partition coefficient (Wildman–Crippen LogP) is 2.77. The summed E-state index contributed by atoms with van der Waals surface area (Å²) in [6, 6.07) is 5.12. The van der Waals surface area contributed by atoms with Gasteiger partial charge in [0.05, 0.1) is 5.84 Å². The van der Waals surface area contributed by atoms with Gasteiger partial charge < -0.3 is 5.73 Å². The third-order valence-electron chi connectivity index (χ3n) is 3.11. The van der Waals surface area contributed by atoms with Crippen LogP contribution >= 0.6 is 11.6 Å². The van der Waals surface area contributed by atoms with Crippen molar-refractivity contribution in [2.45, 2.75) is 31.8 Å². The molecule has 0 saturated heterocycles. The molecule has 0 aliphatic heterocycles. The standard InChI is InChI=1S/C13H17ClFN3/c14-10-1-4-12(15)9(7-10)8-18(11-2-3-11)6-5-13(16)17/h1,4,7,11H,2-3,5-6,8H2,(H3,16,17). The van der Waals surface area contributed by atoms with Crippen LogP contribution in [0.15, 0.2) is 18.2 Å². The molecule has 98 valence electrons. The zero-order valence-electron chi connectivity index (χ0n) is 10.1. The molecule has 0 unspecified atom stereocenters. The van der Waals surface area contributed by atoms with Gasteiger partial charge in [0.25, 0.3) is 0 Å².